The predicted molar refractivity (Wildman–Crippen MR) is 90.2 cm³/mol. The molecule has 0 saturated carbocycles. The number of benzene rings is 1. The molecule has 1 aromatic rings. The van der Waals surface area contributed by atoms with Gasteiger partial charge in [0.1, 0.15) is 5.75 Å². The second-order valence-electron chi connectivity index (χ2n) is 5.58. The Morgan fingerprint density at radius 3 is 2.33 bits per heavy atom. The van der Waals surface area contributed by atoms with E-state index in [-0.39, 0.29) is 0 Å². The molecule has 21 heavy (non-hydrogen) atoms. The first-order chi connectivity index (χ1) is 10.2. The monoisotopic (exact) mass is 312 g/mol. The molecule has 120 valence electrons. The lowest BCUT2D eigenvalue weighted by Crippen LogP contribution is -2.00. The normalized spacial score (nSPS) is 12.4. The Morgan fingerprint density at radius 2 is 1.71 bits per heavy atom. The number of hydrogen-bond donors (Lipinski definition) is 1. The van der Waals surface area contributed by atoms with Gasteiger partial charge in [-0.1, -0.05) is 70.0 Å². The molecule has 0 saturated heterocycles. The van der Waals surface area contributed by atoms with E-state index in [9.17, 15) is 5.11 Å². The lowest BCUT2D eigenvalue weighted by molar-refractivity contribution is 0.173. The lowest BCUT2D eigenvalue weighted by atomic mass is 10.1. The Labute approximate surface area is 134 Å². The maximum absolute atomic E-state index is 9.78. The summed E-state index contributed by atoms with van der Waals surface area (Å²) in [6.45, 7) is 4.90. The fourth-order valence-electron chi connectivity index (χ4n) is 2.32. The molecule has 2 nitrogen and oxygen atoms in total. The molecule has 0 aliphatic carbocycles. The van der Waals surface area contributed by atoms with Crippen LogP contribution in [0.1, 0.15) is 76.9 Å². The average Bonchev–Trinajstić information content (AvgIpc) is 2.50. The lowest BCUT2D eigenvalue weighted by Gasteiger charge is -2.12. The SMILES string of the molecule is CCCCCCCCCOc1ccc(C(O)CC)cc1Cl. The molecule has 0 fully saturated rings. The van der Waals surface area contributed by atoms with Crippen LogP contribution in [0.15, 0.2) is 18.2 Å². The number of aliphatic hydroxyl groups is 1. The molecule has 0 aliphatic rings. The van der Waals surface area contributed by atoms with Gasteiger partial charge in [-0.05, 0) is 30.5 Å². The van der Waals surface area contributed by atoms with Crippen molar-refractivity contribution in [1.29, 1.82) is 0 Å². The van der Waals surface area contributed by atoms with Gasteiger partial charge in [0.05, 0.1) is 17.7 Å². The smallest absolute Gasteiger partial charge is 0.137 e. The number of halogens is 1. The number of rotatable bonds is 11. The minimum Gasteiger partial charge on any atom is -0.492 e. The highest BCUT2D eigenvalue weighted by atomic mass is 35.5. The quantitative estimate of drug-likeness (QED) is 0.514. The maximum atomic E-state index is 9.78. The summed E-state index contributed by atoms with van der Waals surface area (Å²) >= 11 is 6.19. The third kappa shape index (κ3) is 7.19. The summed E-state index contributed by atoms with van der Waals surface area (Å²) in [7, 11) is 0. The molecule has 1 rings (SSSR count). The molecule has 0 aromatic heterocycles. The summed E-state index contributed by atoms with van der Waals surface area (Å²) < 4.78 is 5.72. The minimum atomic E-state index is -0.445. The summed E-state index contributed by atoms with van der Waals surface area (Å²) in [6, 6.07) is 5.55. The summed E-state index contributed by atoms with van der Waals surface area (Å²) in [6.07, 6.45) is 9.15. The second-order valence-corrected chi connectivity index (χ2v) is 5.99. The molecule has 0 bridgehead atoms. The van der Waals surface area contributed by atoms with E-state index in [0.29, 0.717) is 18.1 Å². The van der Waals surface area contributed by atoms with Crippen LogP contribution in [0.4, 0.5) is 0 Å². The zero-order chi connectivity index (χ0) is 15.5. The predicted octanol–water partition coefficient (Wildman–Crippen LogP) is 5.91. The van der Waals surface area contributed by atoms with Crippen molar-refractivity contribution in [3.63, 3.8) is 0 Å². The highest BCUT2D eigenvalue weighted by molar-refractivity contribution is 6.32. The van der Waals surface area contributed by atoms with Crippen LogP contribution < -0.4 is 4.74 Å². The Balaban J connectivity index is 2.23. The van der Waals surface area contributed by atoms with Crippen LogP contribution in [0.3, 0.4) is 0 Å². The molecular weight excluding hydrogens is 284 g/mol. The first kappa shape index (κ1) is 18.3. The number of unbranched alkanes of at least 4 members (excludes halogenated alkanes) is 6. The number of hydrogen-bond acceptors (Lipinski definition) is 2. The molecule has 0 radical (unpaired) electrons. The summed E-state index contributed by atoms with van der Waals surface area (Å²) in [5.41, 5.74) is 0.853. The van der Waals surface area contributed by atoms with Crippen LogP contribution in [0.5, 0.6) is 5.75 Å². The van der Waals surface area contributed by atoms with Gasteiger partial charge in [-0.15, -0.1) is 0 Å². The summed E-state index contributed by atoms with van der Waals surface area (Å²) in [4.78, 5) is 0. The van der Waals surface area contributed by atoms with Gasteiger partial charge >= 0.3 is 0 Å². The third-order valence-corrected chi connectivity index (χ3v) is 4.03. The zero-order valence-electron chi connectivity index (χ0n) is 13.4. The van der Waals surface area contributed by atoms with E-state index in [2.05, 4.69) is 6.92 Å². The van der Waals surface area contributed by atoms with E-state index < -0.39 is 6.10 Å². The van der Waals surface area contributed by atoms with E-state index in [1.165, 1.54) is 38.5 Å². The van der Waals surface area contributed by atoms with Gasteiger partial charge in [0.25, 0.3) is 0 Å². The van der Waals surface area contributed by atoms with Crippen molar-refractivity contribution in [2.45, 2.75) is 71.3 Å². The van der Waals surface area contributed by atoms with Gasteiger partial charge in [-0.2, -0.15) is 0 Å². The maximum Gasteiger partial charge on any atom is 0.137 e. The summed E-state index contributed by atoms with van der Waals surface area (Å²) in [5, 5.41) is 10.4. The zero-order valence-corrected chi connectivity index (χ0v) is 14.2. The van der Waals surface area contributed by atoms with Crippen molar-refractivity contribution >= 4 is 11.6 Å². The molecule has 1 atom stereocenters. The minimum absolute atomic E-state index is 0.445. The fourth-order valence-corrected chi connectivity index (χ4v) is 2.56. The van der Waals surface area contributed by atoms with Crippen LogP contribution in [0.25, 0.3) is 0 Å². The Morgan fingerprint density at radius 1 is 1.05 bits per heavy atom. The standard InChI is InChI=1S/C18H29ClO2/c1-3-5-6-7-8-9-10-13-21-18-12-11-15(14-16(18)19)17(20)4-2/h11-12,14,17,20H,3-10,13H2,1-2H3. The van der Waals surface area contributed by atoms with Crippen LogP contribution in [0.2, 0.25) is 5.02 Å². The van der Waals surface area contributed by atoms with Crippen molar-refractivity contribution < 1.29 is 9.84 Å². The Hall–Kier alpha value is -0.730. The van der Waals surface area contributed by atoms with Crippen molar-refractivity contribution in [1.82, 2.24) is 0 Å². The third-order valence-electron chi connectivity index (χ3n) is 3.73. The van der Waals surface area contributed by atoms with Gasteiger partial charge in [0.2, 0.25) is 0 Å². The van der Waals surface area contributed by atoms with Crippen molar-refractivity contribution in [3.8, 4) is 5.75 Å². The molecule has 0 heterocycles. The van der Waals surface area contributed by atoms with Gasteiger partial charge in [-0.25, -0.2) is 0 Å². The molecule has 0 amide bonds. The van der Waals surface area contributed by atoms with Gasteiger partial charge < -0.3 is 9.84 Å². The topological polar surface area (TPSA) is 29.5 Å². The molecule has 0 spiro atoms. The largest absolute Gasteiger partial charge is 0.492 e. The molecule has 1 unspecified atom stereocenters. The van der Waals surface area contributed by atoms with Crippen LogP contribution >= 0.6 is 11.6 Å². The van der Waals surface area contributed by atoms with E-state index >= 15 is 0 Å². The van der Waals surface area contributed by atoms with Gasteiger partial charge in [0, 0.05) is 0 Å². The Kier molecular flexibility index (Phi) is 9.53. The highest BCUT2D eigenvalue weighted by Gasteiger charge is 2.08. The molecular formula is C18H29ClO2. The van der Waals surface area contributed by atoms with Crippen molar-refractivity contribution in [2.75, 3.05) is 6.61 Å². The molecule has 1 N–H and O–H groups in total. The molecule has 0 aliphatic heterocycles. The average molecular weight is 313 g/mol. The number of aliphatic hydroxyl groups excluding tert-OH is 1. The Bertz CT molecular complexity index is 393. The first-order valence-electron chi connectivity index (χ1n) is 8.29. The van der Waals surface area contributed by atoms with Crippen LogP contribution in [-0.4, -0.2) is 11.7 Å². The van der Waals surface area contributed by atoms with Gasteiger partial charge in [-0.3, -0.25) is 0 Å². The highest BCUT2D eigenvalue weighted by Crippen LogP contribution is 2.29. The van der Waals surface area contributed by atoms with E-state index in [1.807, 2.05) is 19.1 Å². The summed E-state index contributed by atoms with van der Waals surface area (Å²) in [5.74, 6) is 0.717. The molecule has 1 aromatic carbocycles. The van der Waals surface area contributed by atoms with Crippen LogP contribution in [0, 0.1) is 0 Å². The first-order valence-corrected chi connectivity index (χ1v) is 8.67. The second kappa shape index (κ2) is 10.9. The van der Waals surface area contributed by atoms with Crippen LogP contribution in [-0.2, 0) is 0 Å². The van der Waals surface area contributed by atoms with E-state index in [4.69, 9.17) is 16.3 Å². The number of ether oxygens (including phenoxy) is 1. The fraction of sp³-hybridized carbons (Fsp3) is 0.667. The molecule has 3 heteroatoms. The van der Waals surface area contributed by atoms with Crippen molar-refractivity contribution in [3.05, 3.63) is 28.8 Å². The van der Waals surface area contributed by atoms with Crippen molar-refractivity contribution in [2.24, 2.45) is 0 Å². The van der Waals surface area contributed by atoms with E-state index in [0.717, 1.165) is 17.7 Å². The van der Waals surface area contributed by atoms with Gasteiger partial charge in [0.15, 0.2) is 0 Å². The van der Waals surface area contributed by atoms with E-state index in [1.54, 1.807) is 6.07 Å².